The Kier molecular flexibility index (Phi) is 7.29. The van der Waals surface area contributed by atoms with E-state index in [1.165, 1.54) is 17.1 Å². The molecule has 0 saturated carbocycles. The topological polar surface area (TPSA) is 85.4 Å². The van der Waals surface area contributed by atoms with Crippen molar-refractivity contribution >= 4 is 17.3 Å². The van der Waals surface area contributed by atoms with Crippen molar-refractivity contribution in [2.24, 2.45) is 0 Å². The van der Waals surface area contributed by atoms with Crippen LogP contribution in [-0.2, 0) is 24.0 Å². The van der Waals surface area contributed by atoms with Crippen LogP contribution in [-0.4, -0.2) is 37.1 Å². The molecule has 0 saturated heterocycles. The fourth-order valence-corrected chi connectivity index (χ4v) is 5.37. The number of alkyl halides is 3. The molecule has 1 aromatic carbocycles. The number of rotatable bonds is 5. The van der Waals surface area contributed by atoms with Gasteiger partial charge < -0.3 is 19.3 Å². The number of benzene rings is 1. The zero-order valence-electron chi connectivity index (χ0n) is 21.1. The average Bonchev–Trinajstić information content (AvgIpc) is 3.32. The molecule has 4 heterocycles. The number of anilines is 1. The van der Waals surface area contributed by atoms with Crippen LogP contribution in [0.15, 0.2) is 47.0 Å². The summed E-state index contributed by atoms with van der Waals surface area (Å²) in [6.07, 6.45) is -1.13. The summed E-state index contributed by atoms with van der Waals surface area (Å²) >= 11 is 6.50. The highest BCUT2D eigenvalue weighted by Crippen LogP contribution is 2.38. The second-order valence-electron chi connectivity index (χ2n) is 9.58. The van der Waals surface area contributed by atoms with E-state index in [0.29, 0.717) is 42.7 Å². The molecule has 1 N–H and O–H groups in total. The van der Waals surface area contributed by atoms with Crippen LogP contribution in [0.5, 0.6) is 0 Å². The molecule has 8 nitrogen and oxygen atoms in total. The summed E-state index contributed by atoms with van der Waals surface area (Å²) in [5.74, 6) is -0.462. The van der Waals surface area contributed by atoms with Crippen molar-refractivity contribution in [3.63, 3.8) is 0 Å². The highest BCUT2D eigenvalue weighted by Gasteiger charge is 2.37. The number of halogens is 5. The number of fused-ring (bicyclic) bond motifs is 1. The van der Waals surface area contributed by atoms with E-state index in [4.69, 9.17) is 16.3 Å². The van der Waals surface area contributed by atoms with Gasteiger partial charge in [-0.3, -0.25) is 4.79 Å². The van der Waals surface area contributed by atoms with Gasteiger partial charge in [0.1, 0.15) is 22.8 Å². The van der Waals surface area contributed by atoms with Crippen LogP contribution in [0.3, 0.4) is 0 Å². The van der Waals surface area contributed by atoms with E-state index in [1.807, 2.05) is 19.9 Å². The Hall–Kier alpha value is -3.22. The van der Waals surface area contributed by atoms with Gasteiger partial charge in [0.15, 0.2) is 6.23 Å². The van der Waals surface area contributed by atoms with E-state index < -0.39 is 41.0 Å². The molecule has 5 rings (SSSR count). The maximum absolute atomic E-state index is 13.8. The lowest BCUT2D eigenvalue weighted by Gasteiger charge is -2.32. The van der Waals surface area contributed by atoms with Crippen molar-refractivity contribution in [3.8, 4) is 0 Å². The van der Waals surface area contributed by atoms with Gasteiger partial charge >= 0.3 is 6.18 Å². The lowest BCUT2D eigenvalue weighted by atomic mass is 9.99. The third-order valence-corrected chi connectivity index (χ3v) is 7.42. The van der Waals surface area contributed by atoms with E-state index in [0.717, 1.165) is 12.0 Å². The molecule has 208 valence electrons. The van der Waals surface area contributed by atoms with Gasteiger partial charge in [0, 0.05) is 25.1 Å². The normalized spacial score (nSPS) is 20.5. The molecule has 0 bridgehead atoms. The van der Waals surface area contributed by atoms with Crippen LogP contribution in [0.4, 0.5) is 23.2 Å². The Morgan fingerprint density at radius 3 is 2.74 bits per heavy atom. The number of aromatic nitrogens is 4. The van der Waals surface area contributed by atoms with Crippen molar-refractivity contribution in [1.82, 2.24) is 19.3 Å². The fraction of sp³-hybridized carbons (Fsp3) is 0.423. The second-order valence-corrected chi connectivity index (χ2v) is 9.95. The summed E-state index contributed by atoms with van der Waals surface area (Å²) in [5, 5.41) is 15.1. The molecule has 0 amide bonds. The predicted octanol–water partition coefficient (Wildman–Crippen LogP) is 5.00. The molecular formula is C26H26ClF4N5O3. The first-order chi connectivity index (χ1) is 18.5. The summed E-state index contributed by atoms with van der Waals surface area (Å²) in [6.45, 7) is 4.62. The number of hydrogen-bond acceptors (Lipinski definition) is 6. The Labute approximate surface area is 226 Å². The molecule has 13 heteroatoms. The van der Waals surface area contributed by atoms with Crippen molar-refractivity contribution in [3.05, 3.63) is 86.1 Å². The van der Waals surface area contributed by atoms with E-state index in [1.54, 1.807) is 9.47 Å². The number of hydrogen-bond donors (Lipinski definition) is 1. The van der Waals surface area contributed by atoms with Gasteiger partial charge in [-0.15, -0.1) is 0 Å². The standard InChI is InChI=1S/C26H26ClF4N5O3/c1-3-15-8-14(2)39-22(9-15)36-25(38)23(27)19(12-33-36)34-6-7-35-20(11-32-21(35)13-34)24(37)17-10-16(28)4-5-18(17)26(29,30)31/h4-5,8,10-12,14,22,24,37H,3,6-7,9,13H2,1-2H3. The van der Waals surface area contributed by atoms with Crippen LogP contribution in [0.1, 0.15) is 61.7 Å². The van der Waals surface area contributed by atoms with Crippen molar-refractivity contribution in [2.75, 3.05) is 11.4 Å². The molecular weight excluding hydrogens is 542 g/mol. The molecule has 3 unspecified atom stereocenters. The lowest BCUT2D eigenvalue weighted by Crippen LogP contribution is -2.38. The molecule has 0 spiro atoms. The Morgan fingerprint density at radius 1 is 1.26 bits per heavy atom. The number of aliphatic hydroxyl groups is 1. The van der Waals surface area contributed by atoms with Gasteiger partial charge in [-0.1, -0.05) is 30.2 Å². The number of aliphatic hydroxyl groups excluding tert-OH is 1. The summed E-state index contributed by atoms with van der Waals surface area (Å²) in [7, 11) is 0. The number of ether oxygens (including phenoxy) is 1. The fourth-order valence-electron chi connectivity index (χ4n) is 5.11. The Balaban J connectivity index is 1.40. The molecule has 3 aromatic rings. The first-order valence-electron chi connectivity index (χ1n) is 12.4. The molecule has 39 heavy (non-hydrogen) atoms. The van der Waals surface area contributed by atoms with E-state index in [2.05, 4.69) is 10.1 Å². The van der Waals surface area contributed by atoms with Crippen LogP contribution >= 0.6 is 11.6 Å². The lowest BCUT2D eigenvalue weighted by molar-refractivity contribution is -0.139. The highest BCUT2D eigenvalue weighted by molar-refractivity contribution is 6.33. The van der Waals surface area contributed by atoms with E-state index in [-0.39, 0.29) is 29.9 Å². The zero-order valence-corrected chi connectivity index (χ0v) is 21.9. The Bertz CT molecular complexity index is 1490. The number of nitrogens with zero attached hydrogens (tertiary/aromatic N) is 5. The van der Waals surface area contributed by atoms with Gasteiger partial charge in [-0.25, -0.2) is 9.37 Å². The zero-order chi connectivity index (χ0) is 28.1. The minimum absolute atomic E-state index is 0.0382. The quantitative estimate of drug-likeness (QED) is 0.345. The van der Waals surface area contributed by atoms with E-state index >= 15 is 0 Å². The molecule has 0 radical (unpaired) electrons. The van der Waals surface area contributed by atoms with Crippen LogP contribution < -0.4 is 10.5 Å². The van der Waals surface area contributed by atoms with Crippen LogP contribution in [0, 0.1) is 5.82 Å². The summed E-state index contributed by atoms with van der Waals surface area (Å²) in [5.41, 5.74) is -0.573. The average molecular weight is 568 g/mol. The van der Waals surface area contributed by atoms with Gasteiger partial charge in [-0.2, -0.15) is 23.0 Å². The summed E-state index contributed by atoms with van der Waals surface area (Å²) in [4.78, 5) is 19.2. The molecule has 0 fully saturated rings. The van der Waals surface area contributed by atoms with Crippen LogP contribution in [0.25, 0.3) is 0 Å². The third-order valence-electron chi connectivity index (χ3n) is 7.06. The summed E-state index contributed by atoms with van der Waals surface area (Å²) < 4.78 is 63.1. The van der Waals surface area contributed by atoms with Gasteiger partial charge in [0.2, 0.25) is 0 Å². The predicted molar refractivity (Wildman–Crippen MR) is 135 cm³/mol. The van der Waals surface area contributed by atoms with E-state index in [9.17, 15) is 27.5 Å². The highest BCUT2D eigenvalue weighted by atomic mass is 35.5. The van der Waals surface area contributed by atoms with Gasteiger partial charge in [0.05, 0.1) is 42.0 Å². The van der Waals surface area contributed by atoms with Gasteiger partial charge in [-0.05, 0) is 31.5 Å². The first-order valence-corrected chi connectivity index (χ1v) is 12.8. The molecule has 2 aliphatic rings. The smallest absolute Gasteiger partial charge is 0.382 e. The minimum Gasteiger partial charge on any atom is -0.382 e. The van der Waals surface area contributed by atoms with Crippen molar-refractivity contribution in [1.29, 1.82) is 0 Å². The third kappa shape index (κ3) is 5.20. The molecule has 2 aliphatic heterocycles. The summed E-state index contributed by atoms with van der Waals surface area (Å²) in [6, 6.07) is 1.99. The first kappa shape index (κ1) is 27.4. The largest absolute Gasteiger partial charge is 0.416 e. The number of imidazole rings is 1. The van der Waals surface area contributed by atoms with Gasteiger partial charge in [0.25, 0.3) is 5.56 Å². The maximum Gasteiger partial charge on any atom is 0.416 e. The van der Waals surface area contributed by atoms with Crippen LogP contribution in [0.2, 0.25) is 5.02 Å². The molecule has 0 aliphatic carbocycles. The second kappa shape index (κ2) is 10.4. The minimum atomic E-state index is -4.77. The molecule has 2 aromatic heterocycles. The van der Waals surface area contributed by atoms with Crippen molar-refractivity contribution < 1.29 is 27.4 Å². The Morgan fingerprint density at radius 2 is 2.03 bits per heavy atom. The maximum atomic E-state index is 13.8. The molecule has 3 atom stereocenters. The monoisotopic (exact) mass is 567 g/mol. The van der Waals surface area contributed by atoms with Crippen molar-refractivity contribution in [2.45, 2.75) is 64.4 Å². The SMILES string of the molecule is CCC1=CC(C)OC(n2ncc(N3CCn4c(C(O)c5cc(F)ccc5C(F)(F)F)cnc4C3)c(Cl)c2=O)C1.